The Bertz CT molecular complexity index is 736. The molecule has 0 unspecified atom stereocenters. The first-order chi connectivity index (χ1) is 8.63. The van der Waals surface area contributed by atoms with E-state index in [1.54, 1.807) is 18.2 Å². The third kappa shape index (κ3) is 1.89. The van der Waals surface area contributed by atoms with Gasteiger partial charge < -0.3 is 10.7 Å². The molecule has 0 aliphatic rings. The van der Waals surface area contributed by atoms with Gasteiger partial charge in [-0.1, -0.05) is 23.2 Å². The Kier molecular flexibility index (Phi) is 2.61. The molecule has 2 aromatic heterocycles. The number of aromatic nitrogens is 3. The fraction of sp³-hybridized carbons (Fsp3) is 0. The number of imidazole rings is 1. The monoisotopic (exact) mass is 278 g/mol. The maximum Gasteiger partial charge on any atom is 0.180 e. The second-order valence-electron chi connectivity index (χ2n) is 3.82. The molecule has 0 atom stereocenters. The highest BCUT2D eigenvalue weighted by atomic mass is 35.5. The van der Waals surface area contributed by atoms with E-state index in [4.69, 9.17) is 28.9 Å². The lowest BCUT2D eigenvalue weighted by Crippen LogP contribution is -1.88. The lowest BCUT2D eigenvalue weighted by Gasteiger charge is -2.00. The SMILES string of the molecule is Nc1ccc2[nH]c(-c3ccc(Cl)cc3Cl)nc2n1. The van der Waals surface area contributed by atoms with E-state index in [2.05, 4.69) is 15.0 Å². The number of nitrogens with zero attached hydrogens (tertiary/aromatic N) is 2. The number of nitrogens with one attached hydrogen (secondary N) is 1. The average Bonchev–Trinajstić information content (AvgIpc) is 2.71. The highest BCUT2D eigenvalue weighted by Crippen LogP contribution is 2.29. The molecule has 4 nitrogen and oxygen atoms in total. The van der Waals surface area contributed by atoms with Gasteiger partial charge >= 0.3 is 0 Å². The average molecular weight is 279 g/mol. The van der Waals surface area contributed by atoms with Gasteiger partial charge in [-0.3, -0.25) is 0 Å². The molecule has 0 aliphatic carbocycles. The minimum atomic E-state index is 0.433. The van der Waals surface area contributed by atoms with Crippen LogP contribution in [-0.4, -0.2) is 15.0 Å². The van der Waals surface area contributed by atoms with Gasteiger partial charge in [0.1, 0.15) is 11.6 Å². The van der Waals surface area contributed by atoms with E-state index >= 15 is 0 Å². The summed E-state index contributed by atoms with van der Waals surface area (Å²) in [6.45, 7) is 0. The molecule has 0 fully saturated rings. The summed E-state index contributed by atoms with van der Waals surface area (Å²) >= 11 is 12.0. The number of anilines is 1. The van der Waals surface area contributed by atoms with Crippen LogP contribution >= 0.6 is 23.2 Å². The van der Waals surface area contributed by atoms with E-state index in [0.29, 0.717) is 27.3 Å². The molecule has 2 heterocycles. The Morgan fingerprint density at radius 3 is 2.67 bits per heavy atom. The Morgan fingerprint density at radius 1 is 1.06 bits per heavy atom. The largest absolute Gasteiger partial charge is 0.384 e. The zero-order valence-electron chi connectivity index (χ0n) is 9.11. The standard InChI is InChI=1S/C12H8Cl2N4/c13-6-1-2-7(8(14)5-6)11-16-9-3-4-10(15)17-12(9)18-11/h1-5H,(H3,15,16,17,18). The van der Waals surface area contributed by atoms with Gasteiger partial charge in [-0.05, 0) is 30.3 Å². The van der Waals surface area contributed by atoms with Crippen molar-refractivity contribution in [1.29, 1.82) is 0 Å². The van der Waals surface area contributed by atoms with Crippen molar-refractivity contribution in [1.82, 2.24) is 15.0 Å². The molecule has 0 saturated heterocycles. The molecular formula is C12H8Cl2N4. The van der Waals surface area contributed by atoms with Crippen LogP contribution < -0.4 is 5.73 Å². The molecule has 3 aromatic rings. The molecular weight excluding hydrogens is 271 g/mol. The molecule has 6 heteroatoms. The van der Waals surface area contributed by atoms with Crippen LogP contribution in [0.15, 0.2) is 30.3 Å². The smallest absolute Gasteiger partial charge is 0.180 e. The molecule has 1 aromatic carbocycles. The van der Waals surface area contributed by atoms with Gasteiger partial charge in [0, 0.05) is 10.6 Å². The van der Waals surface area contributed by atoms with Gasteiger partial charge in [0.2, 0.25) is 0 Å². The second-order valence-corrected chi connectivity index (χ2v) is 4.66. The second kappa shape index (κ2) is 4.15. The van der Waals surface area contributed by atoms with E-state index in [1.807, 2.05) is 12.1 Å². The van der Waals surface area contributed by atoms with Crippen LogP contribution in [0.5, 0.6) is 0 Å². The minimum Gasteiger partial charge on any atom is -0.384 e. The maximum atomic E-state index is 6.13. The van der Waals surface area contributed by atoms with E-state index in [1.165, 1.54) is 0 Å². The number of nitrogen functional groups attached to an aromatic ring is 1. The van der Waals surface area contributed by atoms with Crippen LogP contribution in [0.25, 0.3) is 22.6 Å². The highest BCUT2D eigenvalue weighted by molar-refractivity contribution is 6.36. The topological polar surface area (TPSA) is 67.6 Å². The zero-order valence-corrected chi connectivity index (χ0v) is 10.6. The summed E-state index contributed by atoms with van der Waals surface area (Å²) in [5.74, 6) is 1.08. The molecule has 90 valence electrons. The maximum absolute atomic E-state index is 6.13. The predicted molar refractivity (Wildman–Crippen MR) is 73.8 cm³/mol. The summed E-state index contributed by atoms with van der Waals surface area (Å²) in [7, 11) is 0. The van der Waals surface area contributed by atoms with Crippen molar-refractivity contribution < 1.29 is 0 Å². The fourth-order valence-electron chi connectivity index (χ4n) is 1.72. The summed E-state index contributed by atoms with van der Waals surface area (Å²) in [6.07, 6.45) is 0. The summed E-state index contributed by atoms with van der Waals surface area (Å²) < 4.78 is 0. The van der Waals surface area contributed by atoms with Gasteiger partial charge in [-0.2, -0.15) is 0 Å². The number of halogens is 2. The van der Waals surface area contributed by atoms with E-state index in [-0.39, 0.29) is 0 Å². The number of hydrogen-bond acceptors (Lipinski definition) is 3. The Labute approximate surface area is 113 Å². The minimum absolute atomic E-state index is 0.433. The highest BCUT2D eigenvalue weighted by Gasteiger charge is 2.10. The molecule has 0 bridgehead atoms. The van der Waals surface area contributed by atoms with Crippen molar-refractivity contribution in [2.45, 2.75) is 0 Å². The summed E-state index contributed by atoms with van der Waals surface area (Å²) in [5, 5.41) is 1.12. The first kappa shape index (κ1) is 11.3. The van der Waals surface area contributed by atoms with Crippen molar-refractivity contribution in [3.8, 4) is 11.4 Å². The third-order valence-corrected chi connectivity index (χ3v) is 3.10. The number of nitrogens with two attached hydrogens (primary N) is 1. The van der Waals surface area contributed by atoms with Crippen molar-refractivity contribution in [3.05, 3.63) is 40.4 Å². The van der Waals surface area contributed by atoms with Crippen LogP contribution in [-0.2, 0) is 0 Å². The lowest BCUT2D eigenvalue weighted by atomic mass is 10.2. The van der Waals surface area contributed by atoms with Crippen LogP contribution in [0.1, 0.15) is 0 Å². The molecule has 18 heavy (non-hydrogen) atoms. The summed E-state index contributed by atoms with van der Waals surface area (Å²) in [4.78, 5) is 11.6. The number of benzene rings is 1. The Balaban J connectivity index is 2.19. The molecule has 0 spiro atoms. The molecule has 0 radical (unpaired) electrons. The number of fused-ring (bicyclic) bond motifs is 1. The molecule has 0 amide bonds. The van der Waals surface area contributed by atoms with Crippen molar-refractivity contribution in [2.24, 2.45) is 0 Å². The molecule has 3 N–H and O–H groups in total. The van der Waals surface area contributed by atoms with Crippen molar-refractivity contribution in [3.63, 3.8) is 0 Å². The number of rotatable bonds is 1. The molecule has 3 rings (SSSR count). The number of aromatic amines is 1. The number of pyridine rings is 1. The summed E-state index contributed by atoms with van der Waals surface area (Å²) in [5.41, 5.74) is 7.76. The van der Waals surface area contributed by atoms with E-state index in [9.17, 15) is 0 Å². The van der Waals surface area contributed by atoms with E-state index in [0.717, 1.165) is 11.1 Å². The van der Waals surface area contributed by atoms with Crippen LogP contribution in [0.2, 0.25) is 10.0 Å². The van der Waals surface area contributed by atoms with Gasteiger partial charge in [0.15, 0.2) is 5.65 Å². The Morgan fingerprint density at radius 2 is 1.89 bits per heavy atom. The summed E-state index contributed by atoms with van der Waals surface area (Å²) in [6, 6.07) is 8.79. The van der Waals surface area contributed by atoms with Gasteiger partial charge in [0.05, 0.1) is 10.5 Å². The van der Waals surface area contributed by atoms with E-state index < -0.39 is 0 Å². The van der Waals surface area contributed by atoms with Crippen molar-refractivity contribution >= 4 is 40.2 Å². The first-order valence-corrected chi connectivity index (χ1v) is 5.97. The normalized spacial score (nSPS) is 11.0. The zero-order chi connectivity index (χ0) is 12.7. The molecule has 0 saturated carbocycles. The Hall–Kier alpha value is -1.78. The fourth-order valence-corrected chi connectivity index (χ4v) is 2.21. The lowest BCUT2D eigenvalue weighted by molar-refractivity contribution is 1.30. The molecule has 0 aliphatic heterocycles. The predicted octanol–water partition coefficient (Wildman–Crippen LogP) is 3.51. The number of hydrogen-bond donors (Lipinski definition) is 2. The van der Waals surface area contributed by atoms with Gasteiger partial charge in [-0.15, -0.1) is 0 Å². The third-order valence-electron chi connectivity index (χ3n) is 2.55. The van der Waals surface area contributed by atoms with Crippen LogP contribution in [0.3, 0.4) is 0 Å². The van der Waals surface area contributed by atoms with Crippen LogP contribution in [0, 0.1) is 0 Å². The van der Waals surface area contributed by atoms with Crippen LogP contribution in [0.4, 0.5) is 5.82 Å². The quantitative estimate of drug-likeness (QED) is 0.716. The number of H-pyrrole nitrogens is 1. The van der Waals surface area contributed by atoms with Gasteiger partial charge in [0.25, 0.3) is 0 Å². The first-order valence-electron chi connectivity index (χ1n) is 5.21. The van der Waals surface area contributed by atoms with Crippen molar-refractivity contribution in [2.75, 3.05) is 5.73 Å². The van der Waals surface area contributed by atoms with Gasteiger partial charge in [-0.25, -0.2) is 9.97 Å².